The molecule has 0 bridgehead atoms. The van der Waals surface area contributed by atoms with Crippen LogP contribution in [0.25, 0.3) is 0 Å². The van der Waals surface area contributed by atoms with Crippen LogP contribution in [-0.2, 0) is 19.5 Å². The molecule has 7 heteroatoms. The van der Waals surface area contributed by atoms with Crippen molar-refractivity contribution in [2.75, 3.05) is 19.8 Å². The van der Waals surface area contributed by atoms with E-state index in [1.54, 1.807) is 6.92 Å². The molecule has 124 valence electrons. The molecule has 0 fully saturated rings. The summed E-state index contributed by atoms with van der Waals surface area (Å²) in [6.45, 7) is 6.64. The van der Waals surface area contributed by atoms with Crippen LogP contribution in [0, 0.1) is 0 Å². The fourth-order valence-corrected chi connectivity index (χ4v) is 2.74. The molecule has 1 aromatic rings. The standard InChI is InChI=1S/C15H23NO5S/c1-4-20-15(17)13-6-8-14(9-7-13)22(18,19)16-10-5-11-21-12(2)3/h6-9,12,16H,4-5,10-11H2,1-3H3. The summed E-state index contributed by atoms with van der Waals surface area (Å²) in [5.74, 6) is -0.467. The first kappa shape index (κ1) is 18.6. The molecule has 0 amide bonds. The van der Waals surface area contributed by atoms with Crippen LogP contribution >= 0.6 is 0 Å². The molecule has 0 aliphatic carbocycles. The van der Waals surface area contributed by atoms with Gasteiger partial charge in [0.1, 0.15) is 0 Å². The number of benzene rings is 1. The summed E-state index contributed by atoms with van der Waals surface area (Å²) < 4.78 is 36.8. The minimum atomic E-state index is -3.57. The summed E-state index contributed by atoms with van der Waals surface area (Å²) >= 11 is 0. The van der Waals surface area contributed by atoms with Gasteiger partial charge in [0.15, 0.2) is 0 Å². The number of ether oxygens (including phenoxy) is 2. The number of esters is 1. The van der Waals surface area contributed by atoms with Crippen molar-refractivity contribution in [3.63, 3.8) is 0 Å². The lowest BCUT2D eigenvalue weighted by Gasteiger charge is -2.09. The Kier molecular flexibility index (Phi) is 7.50. The summed E-state index contributed by atoms with van der Waals surface area (Å²) in [6, 6.07) is 5.65. The summed E-state index contributed by atoms with van der Waals surface area (Å²) in [6.07, 6.45) is 0.727. The van der Waals surface area contributed by atoms with Crippen LogP contribution in [-0.4, -0.2) is 40.2 Å². The fraction of sp³-hybridized carbons (Fsp3) is 0.533. The quantitative estimate of drug-likeness (QED) is 0.553. The molecule has 0 aliphatic heterocycles. The Morgan fingerprint density at radius 1 is 1.23 bits per heavy atom. The summed E-state index contributed by atoms with van der Waals surface area (Å²) in [4.78, 5) is 11.6. The van der Waals surface area contributed by atoms with E-state index in [2.05, 4.69) is 4.72 Å². The molecule has 0 heterocycles. The van der Waals surface area contributed by atoms with E-state index in [1.165, 1.54) is 24.3 Å². The lowest BCUT2D eigenvalue weighted by Crippen LogP contribution is -2.26. The predicted molar refractivity (Wildman–Crippen MR) is 83.3 cm³/mol. The number of hydrogen-bond acceptors (Lipinski definition) is 5. The number of rotatable bonds is 9. The van der Waals surface area contributed by atoms with Gasteiger partial charge in [0.25, 0.3) is 0 Å². The van der Waals surface area contributed by atoms with E-state index in [0.717, 1.165) is 0 Å². The van der Waals surface area contributed by atoms with Crippen LogP contribution in [0.4, 0.5) is 0 Å². The van der Waals surface area contributed by atoms with Gasteiger partial charge in [0.05, 0.1) is 23.2 Å². The third-order valence-corrected chi connectivity index (χ3v) is 4.22. The van der Waals surface area contributed by atoms with Crippen molar-refractivity contribution < 1.29 is 22.7 Å². The van der Waals surface area contributed by atoms with Gasteiger partial charge in [-0.1, -0.05) is 0 Å². The number of carbonyl (C=O) groups is 1. The van der Waals surface area contributed by atoms with E-state index < -0.39 is 16.0 Å². The van der Waals surface area contributed by atoms with E-state index in [4.69, 9.17) is 9.47 Å². The number of hydrogen-bond donors (Lipinski definition) is 1. The van der Waals surface area contributed by atoms with Crippen molar-refractivity contribution >= 4 is 16.0 Å². The average molecular weight is 329 g/mol. The maximum Gasteiger partial charge on any atom is 0.338 e. The van der Waals surface area contributed by atoms with Crippen molar-refractivity contribution in [2.45, 2.75) is 38.2 Å². The van der Waals surface area contributed by atoms with Gasteiger partial charge >= 0.3 is 5.97 Å². The molecule has 6 nitrogen and oxygen atoms in total. The van der Waals surface area contributed by atoms with Crippen LogP contribution < -0.4 is 4.72 Å². The summed E-state index contributed by atoms with van der Waals surface area (Å²) in [7, 11) is -3.57. The normalized spacial score (nSPS) is 11.6. The Morgan fingerprint density at radius 3 is 2.41 bits per heavy atom. The topological polar surface area (TPSA) is 81.7 Å². The average Bonchev–Trinajstić information content (AvgIpc) is 2.47. The first-order chi connectivity index (χ1) is 10.4. The van der Waals surface area contributed by atoms with E-state index in [-0.39, 0.29) is 17.6 Å². The monoisotopic (exact) mass is 329 g/mol. The first-order valence-corrected chi connectivity index (χ1v) is 8.73. The zero-order valence-electron chi connectivity index (χ0n) is 13.2. The van der Waals surface area contributed by atoms with Crippen LogP contribution in [0.1, 0.15) is 37.6 Å². The number of nitrogens with one attached hydrogen (secondary N) is 1. The molecule has 0 saturated carbocycles. The van der Waals surface area contributed by atoms with Gasteiger partial charge in [0, 0.05) is 13.2 Å². The van der Waals surface area contributed by atoms with Gasteiger partial charge in [-0.25, -0.2) is 17.9 Å². The van der Waals surface area contributed by atoms with Gasteiger partial charge in [-0.05, 0) is 51.5 Å². The van der Waals surface area contributed by atoms with Gasteiger partial charge < -0.3 is 9.47 Å². The number of sulfonamides is 1. The minimum absolute atomic E-state index is 0.116. The fourth-order valence-electron chi connectivity index (χ4n) is 1.67. The van der Waals surface area contributed by atoms with Crippen molar-refractivity contribution in [1.29, 1.82) is 0 Å². The predicted octanol–water partition coefficient (Wildman–Crippen LogP) is 1.96. The molecule has 0 unspecified atom stereocenters. The highest BCUT2D eigenvalue weighted by atomic mass is 32.2. The minimum Gasteiger partial charge on any atom is -0.462 e. The Bertz CT molecular complexity index is 566. The number of carbonyl (C=O) groups excluding carboxylic acids is 1. The lowest BCUT2D eigenvalue weighted by atomic mass is 10.2. The summed E-state index contributed by atoms with van der Waals surface area (Å²) in [5, 5.41) is 0. The molecule has 1 N–H and O–H groups in total. The third-order valence-electron chi connectivity index (χ3n) is 2.74. The van der Waals surface area contributed by atoms with Crippen LogP contribution in [0.5, 0.6) is 0 Å². The molecule has 1 rings (SSSR count). The second kappa shape index (κ2) is 8.87. The van der Waals surface area contributed by atoms with Crippen molar-refractivity contribution in [1.82, 2.24) is 4.72 Å². The largest absolute Gasteiger partial charge is 0.462 e. The smallest absolute Gasteiger partial charge is 0.338 e. The Balaban J connectivity index is 2.56. The molecule has 0 spiro atoms. The van der Waals surface area contributed by atoms with Gasteiger partial charge in [-0.2, -0.15) is 0 Å². The third kappa shape index (κ3) is 6.13. The lowest BCUT2D eigenvalue weighted by molar-refractivity contribution is 0.0526. The maximum atomic E-state index is 12.1. The molecular weight excluding hydrogens is 306 g/mol. The van der Waals surface area contributed by atoms with E-state index in [0.29, 0.717) is 25.1 Å². The molecular formula is C15H23NO5S. The highest BCUT2D eigenvalue weighted by Gasteiger charge is 2.14. The highest BCUT2D eigenvalue weighted by Crippen LogP contribution is 2.11. The second-order valence-corrected chi connectivity index (χ2v) is 6.68. The van der Waals surface area contributed by atoms with Gasteiger partial charge in [-0.15, -0.1) is 0 Å². The van der Waals surface area contributed by atoms with Crippen molar-refractivity contribution in [2.24, 2.45) is 0 Å². The van der Waals surface area contributed by atoms with Crippen molar-refractivity contribution in [3.05, 3.63) is 29.8 Å². The van der Waals surface area contributed by atoms with Gasteiger partial charge in [-0.3, -0.25) is 0 Å². The van der Waals surface area contributed by atoms with Gasteiger partial charge in [0.2, 0.25) is 10.0 Å². The zero-order chi connectivity index (χ0) is 16.6. The first-order valence-electron chi connectivity index (χ1n) is 7.25. The Hall–Kier alpha value is -1.44. The van der Waals surface area contributed by atoms with E-state index in [9.17, 15) is 13.2 Å². The molecule has 0 saturated heterocycles. The van der Waals surface area contributed by atoms with Crippen molar-refractivity contribution in [3.8, 4) is 0 Å². The summed E-state index contributed by atoms with van der Waals surface area (Å²) in [5.41, 5.74) is 0.325. The molecule has 0 radical (unpaired) electrons. The maximum absolute atomic E-state index is 12.1. The molecule has 1 aromatic carbocycles. The second-order valence-electron chi connectivity index (χ2n) is 4.92. The Morgan fingerprint density at radius 2 is 1.86 bits per heavy atom. The van der Waals surface area contributed by atoms with Crippen LogP contribution in [0.15, 0.2) is 29.2 Å². The molecule has 0 aromatic heterocycles. The van der Waals surface area contributed by atoms with E-state index >= 15 is 0 Å². The SMILES string of the molecule is CCOC(=O)c1ccc(S(=O)(=O)NCCCOC(C)C)cc1. The van der Waals surface area contributed by atoms with E-state index in [1.807, 2.05) is 13.8 Å². The zero-order valence-corrected chi connectivity index (χ0v) is 14.0. The molecule has 22 heavy (non-hydrogen) atoms. The molecule has 0 aliphatic rings. The highest BCUT2D eigenvalue weighted by molar-refractivity contribution is 7.89. The Labute approximate surface area is 131 Å². The molecule has 0 atom stereocenters. The van der Waals surface area contributed by atoms with Crippen LogP contribution in [0.3, 0.4) is 0 Å². The van der Waals surface area contributed by atoms with Crippen LogP contribution in [0.2, 0.25) is 0 Å².